The van der Waals surface area contributed by atoms with Crippen molar-refractivity contribution in [1.29, 1.82) is 0 Å². The van der Waals surface area contributed by atoms with Gasteiger partial charge in [0, 0.05) is 40.4 Å². The number of hydrogen-bond donors (Lipinski definition) is 1. The topological polar surface area (TPSA) is 29.3 Å². The summed E-state index contributed by atoms with van der Waals surface area (Å²) < 4.78 is 1.19. The second-order valence-corrected chi connectivity index (χ2v) is 5.43. The first-order valence-corrected chi connectivity index (χ1v) is 6.12. The Kier molecular flexibility index (Phi) is 4.87. The largest absolute Gasteiger partial charge is 0.326 e. The molecule has 0 radical (unpaired) electrons. The third-order valence-corrected chi connectivity index (χ3v) is 3.99. The van der Waals surface area contributed by atoms with Crippen LogP contribution < -0.4 is 5.73 Å². The molecular weight excluding hydrogens is 284 g/mol. The zero-order chi connectivity index (χ0) is 9.26. The molecule has 1 aliphatic heterocycles. The van der Waals surface area contributed by atoms with Gasteiger partial charge in [-0.2, -0.15) is 0 Å². The molecule has 0 saturated carbocycles. The van der Waals surface area contributed by atoms with Crippen molar-refractivity contribution in [1.82, 2.24) is 4.90 Å². The van der Waals surface area contributed by atoms with Gasteiger partial charge in [-0.15, -0.1) is 23.7 Å². The third-order valence-electron chi connectivity index (χ3n) is 2.31. The Bertz CT molecular complexity index is 292. The molecule has 14 heavy (non-hydrogen) atoms. The second kappa shape index (κ2) is 5.47. The van der Waals surface area contributed by atoms with Gasteiger partial charge in [0.15, 0.2) is 0 Å². The second-order valence-electron chi connectivity index (χ2n) is 3.52. The van der Waals surface area contributed by atoms with Crippen molar-refractivity contribution in [3.05, 3.63) is 20.8 Å². The molecule has 2 rings (SSSR count). The Morgan fingerprint density at radius 1 is 1.64 bits per heavy atom. The van der Waals surface area contributed by atoms with Crippen LogP contribution in [0.25, 0.3) is 0 Å². The van der Waals surface area contributed by atoms with E-state index in [0.29, 0.717) is 6.04 Å². The van der Waals surface area contributed by atoms with E-state index in [9.17, 15) is 0 Å². The van der Waals surface area contributed by atoms with Gasteiger partial charge in [0.25, 0.3) is 0 Å². The van der Waals surface area contributed by atoms with Crippen molar-refractivity contribution >= 4 is 39.7 Å². The predicted octanol–water partition coefficient (Wildman–Crippen LogP) is 2.47. The van der Waals surface area contributed by atoms with Gasteiger partial charge in [-0.05, 0) is 28.4 Å². The fourth-order valence-corrected chi connectivity index (χ4v) is 3.16. The van der Waals surface area contributed by atoms with Crippen molar-refractivity contribution in [2.75, 3.05) is 13.1 Å². The van der Waals surface area contributed by atoms with Gasteiger partial charge in [0.05, 0.1) is 0 Å². The number of nitrogens with zero attached hydrogens (tertiary/aromatic N) is 1. The van der Waals surface area contributed by atoms with Gasteiger partial charge < -0.3 is 5.73 Å². The maximum atomic E-state index is 5.84. The van der Waals surface area contributed by atoms with Gasteiger partial charge in [-0.1, -0.05) is 0 Å². The Morgan fingerprint density at radius 3 is 2.93 bits per heavy atom. The minimum Gasteiger partial charge on any atom is -0.326 e. The van der Waals surface area contributed by atoms with E-state index in [0.717, 1.165) is 26.1 Å². The monoisotopic (exact) mass is 296 g/mol. The van der Waals surface area contributed by atoms with Crippen LogP contribution in [0.1, 0.15) is 11.3 Å². The van der Waals surface area contributed by atoms with Crippen molar-refractivity contribution in [3.63, 3.8) is 0 Å². The minimum atomic E-state index is 0. The van der Waals surface area contributed by atoms with Gasteiger partial charge in [-0.25, -0.2) is 0 Å². The molecule has 0 unspecified atom stereocenters. The van der Waals surface area contributed by atoms with Crippen molar-refractivity contribution < 1.29 is 0 Å². The molecule has 2 nitrogen and oxygen atoms in total. The smallest absolute Gasteiger partial charge is 0.0328 e. The molecule has 1 atom stereocenters. The van der Waals surface area contributed by atoms with E-state index >= 15 is 0 Å². The minimum absolute atomic E-state index is 0. The zero-order valence-electron chi connectivity index (χ0n) is 7.78. The lowest BCUT2D eigenvalue weighted by molar-refractivity contribution is 0.330. The summed E-state index contributed by atoms with van der Waals surface area (Å²) in [6, 6.07) is 2.58. The zero-order valence-corrected chi connectivity index (χ0v) is 11.0. The summed E-state index contributed by atoms with van der Waals surface area (Å²) in [5.41, 5.74) is 5.84. The van der Waals surface area contributed by atoms with Crippen LogP contribution in [0, 0.1) is 0 Å². The van der Waals surface area contributed by atoms with Crippen LogP contribution in [0.4, 0.5) is 0 Å². The van der Waals surface area contributed by atoms with E-state index in [-0.39, 0.29) is 12.4 Å². The first-order chi connectivity index (χ1) is 6.24. The van der Waals surface area contributed by atoms with Crippen molar-refractivity contribution in [2.24, 2.45) is 5.73 Å². The fourth-order valence-electron chi connectivity index (χ4n) is 1.66. The highest BCUT2D eigenvalue weighted by molar-refractivity contribution is 9.10. The lowest BCUT2D eigenvalue weighted by Gasteiger charge is -2.12. The Balaban J connectivity index is 0.000000980. The summed E-state index contributed by atoms with van der Waals surface area (Å²) in [4.78, 5) is 3.84. The normalized spacial score (nSPS) is 22.3. The van der Waals surface area contributed by atoms with Gasteiger partial charge in [-0.3, -0.25) is 4.90 Å². The van der Waals surface area contributed by atoms with Crippen LogP contribution in [-0.2, 0) is 6.54 Å². The first kappa shape index (κ1) is 12.5. The first-order valence-electron chi connectivity index (χ1n) is 4.45. The van der Waals surface area contributed by atoms with Crippen LogP contribution in [0.3, 0.4) is 0 Å². The van der Waals surface area contributed by atoms with Crippen LogP contribution in [0.5, 0.6) is 0 Å². The molecule has 1 saturated heterocycles. The number of rotatable bonds is 2. The van der Waals surface area contributed by atoms with Gasteiger partial charge in [0.1, 0.15) is 0 Å². The molecule has 80 valence electrons. The molecule has 1 aromatic heterocycles. The number of thiophene rings is 1. The average molecular weight is 298 g/mol. The molecule has 1 aliphatic rings. The summed E-state index contributed by atoms with van der Waals surface area (Å²) >= 11 is 5.27. The molecule has 1 fully saturated rings. The van der Waals surface area contributed by atoms with Gasteiger partial charge >= 0.3 is 0 Å². The highest BCUT2D eigenvalue weighted by Gasteiger charge is 2.19. The lowest BCUT2D eigenvalue weighted by Crippen LogP contribution is -2.25. The van der Waals surface area contributed by atoms with Crippen LogP contribution in [0.2, 0.25) is 0 Å². The maximum Gasteiger partial charge on any atom is 0.0328 e. The van der Waals surface area contributed by atoms with Crippen molar-refractivity contribution in [3.8, 4) is 0 Å². The molecule has 0 aliphatic carbocycles. The van der Waals surface area contributed by atoms with Gasteiger partial charge in [0.2, 0.25) is 0 Å². The molecular formula is C9H14BrClN2S. The lowest BCUT2D eigenvalue weighted by atomic mass is 10.3. The molecule has 2 heterocycles. The number of nitrogens with two attached hydrogens (primary N) is 1. The number of hydrogen-bond acceptors (Lipinski definition) is 3. The summed E-state index contributed by atoms with van der Waals surface area (Å²) in [7, 11) is 0. The Labute approximate surface area is 103 Å². The van der Waals surface area contributed by atoms with Crippen LogP contribution in [-0.4, -0.2) is 24.0 Å². The Morgan fingerprint density at radius 2 is 2.43 bits per heavy atom. The summed E-state index contributed by atoms with van der Waals surface area (Å²) in [6.07, 6.45) is 1.15. The molecule has 2 N–H and O–H groups in total. The highest BCUT2D eigenvalue weighted by atomic mass is 79.9. The average Bonchev–Trinajstić information content (AvgIpc) is 2.62. The molecule has 0 amide bonds. The maximum absolute atomic E-state index is 5.84. The predicted molar refractivity (Wildman–Crippen MR) is 67.1 cm³/mol. The molecule has 5 heteroatoms. The number of likely N-dealkylation sites (tertiary alicyclic amines) is 1. The molecule has 0 bridgehead atoms. The van der Waals surface area contributed by atoms with E-state index in [1.807, 2.05) is 11.3 Å². The SMILES string of the molecule is Cl.N[C@H]1CCN(Cc2cc(Br)cs2)C1. The number of halogens is 2. The van der Waals surface area contributed by atoms with E-state index in [1.165, 1.54) is 9.35 Å². The summed E-state index contributed by atoms with van der Waals surface area (Å²) in [6.45, 7) is 3.26. The molecule has 0 spiro atoms. The van der Waals surface area contributed by atoms with E-state index in [4.69, 9.17) is 5.73 Å². The van der Waals surface area contributed by atoms with E-state index in [1.54, 1.807) is 0 Å². The standard InChI is InChI=1S/C9H13BrN2S.ClH/c10-7-3-9(13-6-7)5-12-2-1-8(11)4-12;/h3,6,8H,1-2,4-5,11H2;1H/t8-;/m0./s1. The summed E-state index contributed by atoms with van der Waals surface area (Å²) in [5.74, 6) is 0. The highest BCUT2D eigenvalue weighted by Crippen LogP contribution is 2.22. The quantitative estimate of drug-likeness (QED) is 0.908. The van der Waals surface area contributed by atoms with E-state index in [2.05, 4.69) is 32.3 Å². The van der Waals surface area contributed by atoms with E-state index < -0.39 is 0 Å². The Hall–Kier alpha value is 0.390. The molecule has 0 aromatic carbocycles. The van der Waals surface area contributed by atoms with Crippen LogP contribution in [0.15, 0.2) is 15.9 Å². The van der Waals surface area contributed by atoms with Crippen LogP contribution >= 0.6 is 39.7 Å². The summed E-state index contributed by atoms with van der Waals surface area (Å²) in [5, 5.41) is 2.13. The fraction of sp³-hybridized carbons (Fsp3) is 0.556. The molecule has 1 aromatic rings. The third kappa shape index (κ3) is 3.21. The van der Waals surface area contributed by atoms with Crippen molar-refractivity contribution in [2.45, 2.75) is 19.0 Å².